The average molecular weight is 467 g/mol. The highest BCUT2D eigenvalue weighted by Gasteiger charge is 2.27. The van der Waals surface area contributed by atoms with E-state index in [9.17, 15) is 16.8 Å². The molecule has 31 heavy (non-hydrogen) atoms. The van der Waals surface area contributed by atoms with E-state index in [0.717, 1.165) is 19.5 Å². The van der Waals surface area contributed by atoms with Gasteiger partial charge in [-0.15, -0.1) is 0 Å². The predicted octanol–water partition coefficient (Wildman–Crippen LogP) is 2.40. The molecule has 3 rings (SSSR count). The largest absolute Gasteiger partial charge is 0.493 e. The van der Waals surface area contributed by atoms with Gasteiger partial charge >= 0.3 is 0 Å². The van der Waals surface area contributed by atoms with Crippen LogP contribution in [-0.2, 0) is 26.4 Å². The number of rotatable bonds is 9. The molecule has 170 valence electrons. The first kappa shape index (κ1) is 23.7. The summed E-state index contributed by atoms with van der Waals surface area (Å²) in [5.74, 6) is 0.471. The minimum absolute atomic E-state index is 0.0473. The summed E-state index contributed by atoms with van der Waals surface area (Å²) in [6, 6.07) is 16.4. The Morgan fingerprint density at radius 3 is 2.26 bits per heavy atom. The second kappa shape index (κ2) is 10.6. The van der Waals surface area contributed by atoms with E-state index in [2.05, 4.69) is 17.0 Å². The SMILES string of the molecule is CCS(=O)(=O)CCOc1ccc(S(=O)(=O)N2CCCN(Cc3ccccc3)CC2)cc1. The maximum atomic E-state index is 13.1. The molecule has 2 aromatic rings. The molecule has 1 aliphatic heterocycles. The highest BCUT2D eigenvalue weighted by molar-refractivity contribution is 7.91. The van der Waals surface area contributed by atoms with Gasteiger partial charge in [-0.1, -0.05) is 37.3 Å². The zero-order valence-electron chi connectivity index (χ0n) is 17.8. The third-order valence-electron chi connectivity index (χ3n) is 5.36. The van der Waals surface area contributed by atoms with Gasteiger partial charge in [0, 0.05) is 31.9 Å². The van der Waals surface area contributed by atoms with Crippen LogP contribution in [-0.4, -0.2) is 70.3 Å². The number of benzene rings is 2. The van der Waals surface area contributed by atoms with Gasteiger partial charge in [-0.2, -0.15) is 4.31 Å². The standard InChI is InChI=1S/C22H30N2O5S2/c1-2-30(25,26)18-17-29-21-9-11-22(12-10-21)31(27,28)24-14-6-13-23(15-16-24)19-20-7-4-3-5-8-20/h3-5,7-12H,2,6,13-19H2,1H3. The van der Waals surface area contributed by atoms with Crippen molar-refractivity contribution in [3.8, 4) is 5.75 Å². The average Bonchev–Trinajstić information content (AvgIpc) is 3.01. The van der Waals surface area contributed by atoms with Gasteiger partial charge < -0.3 is 4.74 Å². The van der Waals surface area contributed by atoms with Crippen LogP contribution in [0.15, 0.2) is 59.5 Å². The highest BCUT2D eigenvalue weighted by atomic mass is 32.2. The van der Waals surface area contributed by atoms with Crippen LogP contribution in [0.2, 0.25) is 0 Å². The number of sulfone groups is 1. The minimum atomic E-state index is -3.59. The molecule has 2 aromatic carbocycles. The summed E-state index contributed by atoms with van der Waals surface area (Å²) in [6.07, 6.45) is 0.777. The summed E-state index contributed by atoms with van der Waals surface area (Å²) < 4.78 is 56.2. The molecule has 1 fully saturated rings. The Labute approximate surface area is 185 Å². The zero-order chi connectivity index (χ0) is 22.3. The van der Waals surface area contributed by atoms with Gasteiger partial charge in [0.15, 0.2) is 9.84 Å². The van der Waals surface area contributed by atoms with E-state index < -0.39 is 19.9 Å². The lowest BCUT2D eigenvalue weighted by Gasteiger charge is -2.22. The van der Waals surface area contributed by atoms with Crippen LogP contribution in [0.3, 0.4) is 0 Å². The van der Waals surface area contributed by atoms with Gasteiger partial charge in [-0.05, 0) is 42.8 Å². The molecule has 0 aliphatic carbocycles. The fourth-order valence-corrected chi connectivity index (χ4v) is 5.57. The number of ether oxygens (including phenoxy) is 1. The van der Waals surface area contributed by atoms with Crippen molar-refractivity contribution >= 4 is 19.9 Å². The van der Waals surface area contributed by atoms with Crippen molar-refractivity contribution in [1.29, 1.82) is 0 Å². The van der Waals surface area contributed by atoms with Crippen LogP contribution in [0.25, 0.3) is 0 Å². The lowest BCUT2D eigenvalue weighted by Crippen LogP contribution is -2.35. The molecule has 0 bridgehead atoms. The Hall–Kier alpha value is -1.94. The second-order valence-corrected chi connectivity index (χ2v) is 12.0. The van der Waals surface area contributed by atoms with Crippen molar-refractivity contribution in [1.82, 2.24) is 9.21 Å². The van der Waals surface area contributed by atoms with E-state index in [1.54, 1.807) is 23.4 Å². The smallest absolute Gasteiger partial charge is 0.243 e. The summed E-state index contributed by atoms with van der Waals surface area (Å²) in [5, 5.41) is 0. The third kappa shape index (κ3) is 6.77. The molecule has 1 aliphatic rings. The van der Waals surface area contributed by atoms with Crippen molar-refractivity contribution in [2.75, 3.05) is 44.3 Å². The van der Waals surface area contributed by atoms with E-state index in [-0.39, 0.29) is 23.0 Å². The number of sulfonamides is 1. The Morgan fingerprint density at radius 2 is 1.58 bits per heavy atom. The van der Waals surface area contributed by atoms with E-state index in [0.29, 0.717) is 25.4 Å². The Balaban J connectivity index is 1.58. The first-order valence-electron chi connectivity index (χ1n) is 10.5. The molecule has 0 unspecified atom stereocenters. The Kier molecular flexibility index (Phi) is 8.10. The fraction of sp³-hybridized carbons (Fsp3) is 0.455. The summed E-state index contributed by atoms with van der Waals surface area (Å²) in [7, 11) is -6.69. The monoisotopic (exact) mass is 466 g/mol. The summed E-state index contributed by atoms with van der Waals surface area (Å²) >= 11 is 0. The molecule has 0 N–H and O–H groups in total. The van der Waals surface area contributed by atoms with Crippen molar-refractivity contribution < 1.29 is 21.6 Å². The normalized spacial score (nSPS) is 16.7. The van der Waals surface area contributed by atoms with Crippen LogP contribution < -0.4 is 4.74 Å². The Morgan fingerprint density at radius 1 is 0.871 bits per heavy atom. The van der Waals surface area contributed by atoms with Crippen molar-refractivity contribution in [2.24, 2.45) is 0 Å². The fourth-order valence-electron chi connectivity index (χ4n) is 3.48. The van der Waals surface area contributed by atoms with Gasteiger partial charge in [0.2, 0.25) is 10.0 Å². The maximum Gasteiger partial charge on any atom is 0.243 e. The first-order chi connectivity index (χ1) is 14.8. The van der Waals surface area contributed by atoms with Crippen LogP contribution in [0.1, 0.15) is 18.9 Å². The molecule has 9 heteroatoms. The van der Waals surface area contributed by atoms with Crippen molar-refractivity contribution in [3.63, 3.8) is 0 Å². The number of hydrogen-bond acceptors (Lipinski definition) is 6. The van der Waals surface area contributed by atoms with Crippen molar-refractivity contribution in [2.45, 2.75) is 24.8 Å². The quantitative estimate of drug-likeness (QED) is 0.564. The molecular formula is C22H30N2O5S2. The van der Waals surface area contributed by atoms with Crippen LogP contribution in [0.5, 0.6) is 5.75 Å². The minimum Gasteiger partial charge on any atom is -0.493 e. The van der Waals surface area contributed by atoms with Gasteiger partial charge in [-0.3, -0.25) is 4.90 Å². The first-order valence-corrected chi connectivity index (χ1v) is 13.8. The molecule has 0 aromatic heterocycles. The van der Waals surface area contributed by atoms with Crippen LogP contribution in [0, 0.1) is 0 Å². The molecule has 0 atom stereocenters. The Bertz CT molecular complexity index is 1040. The van der Waals surface area contributed by atoms with Crippen molar-refractivity contribution in [3.05, 3.63) is 60.2 Å². The number of nitrogens with zero attached hydrogens (tertiary/aromatic N) is 2. The summed E-state index contributed by atoms with van der Waals surface area (Å²) in [4.78, 5) is 2.50. The number of hydrogen-bond donors (Lipinski definition) is 0. The van der Waals surface area contributed by atoms with Gasteiger partial charge in [0.05, 0.1) is 10.6 Å². The molecule has 0 radical (unpaired) electrons. The second-order valence-electron chi connectivity index (χ2n) is 7.58. The van der Waals surface area contributed by atoms with Crippen LogP contribution in [0.4, 0.5) is 0 Å². The van der Waals surface area contributed by atoms with E-state index in [1.807, 2.05) is 18.2 Å². The summed E-state index contributed by atoms with van der Waals surface area (Å²) in [6.45, 7) is 4.93. The molecule has 0 amide bonds. The highest BCUT2D eigenvalue weighted by Crippen LogP contribution is 2.21. The summed E-state index contributed by atoms with van der Waals surface area (Å²) in [5.41, 5.74) is 1.22. The zero-order valence-corrected chi connectivity index (χ0v) is 19.4. The maximum absolute atomic E-state index is 13.1. The van der Waals surface area contributed by atoms with E-state index in [1.165, 1.54) is 17.7 Å². The molecule has 0 saturated carbocycles. The van der Waals surface area contributed by atoms with Gasteiger partial charge in [-0.25, -0.2) is 16.8 Å². The molecule has 1 saturated heterocycles. The van der Waals surface area contributed by atoms with Crippen LogP contribution >= 0.6 is 0 Å². The topological polar surface area (TPSA) is 84.0 Å². The molecule has 7 nitrogen and oxygen atoms in total. The molecular weight excluding hydrogens is 436 g/mol. The molecule has 0 spiro atoms. The van der Waals surface area contributed by atoms with E-state index >= 15 is 0 Å². The molecule has 1 heterocycles. The lowest BCUT2D eigenvalue weighted by atomic mass is 10.2. The lowest BCUT2D eigenvalue weighted by molar-refractivity contribution is 0.278. The predicted molar refractivity (Wildman–Crippen MR) is 121 cm³/mol. The van der Waals surface area contributed by atoms with E-state index in [4.69, 9.17) is 4.74 Å². The van der Waals surface area contributed by atoms with Gasteiger partial charge in [0.1, 0.15) is 12.4 Å². The third-order valence-corrected chi connectivity index (χ3v) is 8.94. The van der Waals surface area contributed by atoms with Gasteiger partial charge in [0.25, 0.3) is 0 Å².